The Balaban J connectivity index is 1.83. The summed E-state index contributed by atoms with van der Waals surface area (Å²) in [6.07, 6.45) is 2.99. The second-order valence-electron chi connectivity index (χ2n) is 8.06. The number of aromatic amines is 1. The van der Waals surface area contributed by atoms with E-state index in [1.807, 2.05) is 19.9 Å². The van der Waals surface area contributed by atoms with Crippen LogP contribution in [0.5, 0.6) is 5.75 Å². The first kappa shape index (κ1) is 23.4. The Bertz CT molecular complexity index is 1390. The van der Waals surface area contributed by atoms with Crippen LogP contribution in [-0.2, 0) is 0 Å². The van der Waals surface area contributed by atoms with Crippen LogP contribution in [0.1, 0.15) is 34.5 Å². The number of carbonyl (C=O) groups is 1. The van der Waals surface area contributed by atoms with Gasteiger partial charge in [0.1, 0.15) is 23.4 Å². The van der Waals surface area contributed by atoms with Crippen molar-refractivity contribution >= 4 is 34.5 Å². The van der Waals surface area contributed by atoms with E-state index in [-0.39, 0.29) is 11.6 Å². The van der Waals surface area contributed by atoms with Crippen LogP contribution in [0.25, 0.3) is 22.3 Å². The summed E-state index contributed by atoms with van der Waals surface area (Å²) in [4.78, 5) is 29.5. The summed E-state index contributed by atoms with van der Waals surface area (Å²) < 4.78 is 20.3. The van der Waals surface area contributed by atoms with Crippen molar-refractivity contribution in [3.8, 4) is 16.9 Å². The average molecular weight is 483 g/mol. The minimum atomic E-state index is -0.594. The van der Waals surface area contributed by atoms with E-state index < -0.39 is 11.7 Å². The molecule has 10 heteroatoms. The number of imidazole rings is 1. The maximum atomic E-state index is 14.5. The van der Waals surface area contributed by atoms with Crippen molar-refractivity contribution in [3.05, 3.63) is 64.5 Å². The topological polar surface area (TPSA) is 96.0 Å². The largest absolute Gasteiger partial charge is 0.496 e. The molecule has 2 aromatic heterocycles. The van der Waals surface area contributed by atoms with Crippen molar-refractivity contribution in [1.82, 2.24) is 24.8 Å². The molecule has 0 radical (unpaired) electrons. The molecule has 2 aromatic carbocycles. The van der Waals surface area contributed by atoms with Gasteiger partial charge in [0.05, 0.1) is 25.0 Å². The smallest absolute Gasteiger partial charge is 0.256 e. The first-order valence-corrected chi connectivity index (χ1v) is 10.9. The number of halogens is 2. The number of benzene rings is 2. The molecular formula is C24H24ClFN6O2. The number of nitrogens with zero attached hydrogens (tertiary/aromatic N) is 4. The van der Waals surface area contributed by atoms with Gasteiger partial charge in [-0.25, -0.2) is 19.3 Å². The SMILES string of the molecule is COc1c(C(C)Nc2ncnc3nc[nH]c23)cc(Cl)c(C)c1-c1ccc(F)c(C(=O)N(C)C)c1. The fourth-order valence-corrected chi connectivity index (χ4v) is 4.09. The highest BCUT2D eigenvalue weighted by atomic mass is 35.5. The highest BCUT2D eigenvalue weighted by molar-refractivity contribution is 6.32. The zero-order chi connectivity index (χ0) is 24.6. The zero-order valence-corrected chi connectivity index (χ0v) is 20.2. The highest BCUT2D eigenvalue weighted by Gasteiger charge is 2.23. The van der Waals surface area contributed by atoms with Crippen LogP contribution in [0.4, 0.5) is 10.2 Å². The lowest BCUT2D eigenvalue weighted by molar-refractivity contribution is 0.0823. The van der Waals surface area contributed by atoms with Gasteiger partial charge >= 0.3 is 0 Å². The molecule has 1 atom stereocenters. The first-order chi connectivity index (χ1) is 16.2. The molecule has 1 unspecified atom stereocenters. The summed E-state index contributed by atoms with van der Waals surface area (Å²) in [5, 5.41) is 3.87. The van der Waals surface area contributed by atoms with Crippen molar-refractivity contribution in [2.75, 3.05) is 26.5 Å². The molecule has 2 N–H and O–H groups in total. The van der Waals surface area contributed by atoms with Crippen LogP contribution < -0.4 is 10.1 Å². The molecule has 1 amide bonds. The zero-order valence-electron chi connectivity index (χ0n) is 19.4. The number of amides is 1. The number of anilines is 1. The lowest BCUT2D eigenvalue weighted by atomic mass is 9.92. The van der Waals surface area contributed by atoms with Crippen LogP contribution >= 0.6 is 11.6 Å². The molecule has 0 aliphatic carbocycles. The maximum Gasteiger partial charge on any atom is 0.256 e. The summed E-state index contributed by atoms with van der Waals surface area (Å²) in [6.45, 7) is 3.81. The number of aromatic nitrogens is 4. The van der Waals surface area contributed by atoms with Gasteiger partial charge in [0.15, 0.2) is 11.5 Å². The molecule has 0 fully saturated rings. The van der Waals surface area contributed by atoms with Gasteiger partial charge in [0.25, 0.3) is 5.91 Å². The molecular weight excluding hydrogens is 459 g/mol. The van der Waals surface area contributed by atoms with Crippen molar-refractivity contribution in [2.45, 2.75) is 19.9 Å². The minimum absolute atomic E-state index is 0.0284. The van der Waals surface area contributed by atoms with Crippen molar-refractivity contribution < 1.29 is 13.9 Å². The molecule has 4 rings (SSSR count). The average Bonchev–Trinajstić information content (AvgIpc) is 3.30. The van der Waals surface area contributed by atoms with E-state index in [4.69, 9.17) is 16.3 Å². The second-order valence-corrected chi connectivity index (χ2v) is 8.47. The number of carbonyl (C=O) groups excluding carboxylic acids is 1. The molecule has 0 saturated heterocycles. The van der Waals surface area contributed by atoms with Crippen molar-refractivity contribution in [3.63, 3.8) is 0 Å². The highest BCUT2D eigenvalue weighted by Crippen LogP contribution is 2.43. The number of fused-ring (bicyclic) bond motifs is 1. The molecule has 34 heavy (non-hydrogen) atoms. The van der Waals surface area contributed by atoms with Crippen LogP contribution in [0.15, 0.2) is 36.9 Å². The lowest BCUT2D eigenvalue weighted by Gasteiger charge is -2.23. The Kier molecular flexibility index (Phi) is 6.39. The first-order valence-electron chi connectivity index (χ1n) is 10.5. The standard InChI is InChI=1S/C24H24ClFN6O2/c1-12-17(25)9-15(13(2)31-23-20-22(28-10-27-20)29-11-30-23)21(34-5)19(12)14-6-7-18(26)16(8-14)24(33)32(3)4/h6-11,13H,1-5H3,(H2,27,28,29,30,31). The third-order valence-corrected chi connectivity index (χ3v) is 6.04. The van der Waals surface area contributed by atoms with Gasteiger partial charge in [0, 0.05) is 30.2 Å². The number of methoxy groups -OCH3 is 1. The van der Waals surface area contributed by atoms with Gasteiger partial charge in [-0.1, -0.05) is 17.7 Å². The van der Waals surface area contributed by atoms with Crippen LogP contribution in [0.2, 0.25) is 5.02 Å². The van der Waals surface area contributed by atoms with E-state index in [2.05, 4.69) is 25.3 Å². The Morgan fingerprint density at radius 2 is 2.00 bits per heavy atom. The number of hydrogen-bond acceptors (Lipinski definition) is 6. The Morgan fingerprint density at radius 1 is 1.24 bits per heavy atom. The fourth-order valence-electron chi connectivity index (χ4n) is 3.88. The summed E-state index contributed by atoms with van der Waals surface area (Å²) in [6, 6.07) is 5.97. The van der Waals surface area contributed by atoms with E-state index in [0.29, 0.717) is 38.9 Å². The number of hydrogen-bond donors (Lipinski definition) is 2. The summed E-state index contributed by atoms with van der Waals surface area (Å²) in [5.74, 6) is 0.118. The summed E-state index contributed by atoms with van der Waals surface area (Å²) in [5.41, 5.74) is 4.02. The van der Waals surface area contributed by atoms with Crippen LogP contribution in [-0.4, -0.2) is 51.9 Å². The third kappa shape index (κ3) is 4.14. The minimum Gasteiger partial charge on any atom is -0.496 e. The van der Waals surface area contributed by atoms with Crippen molar-refractivity contribution in [2.24, 2.45) is 0 Å². The molecule has 176 valence electrons. The molecule has 0 saturated carbocycles. The van der Waals surface area contributed by atoms with Gasteiger partial charge in [-0.2, -0.15) is 0 Å². The Morgan fingerprint density at radius 3 is 2.71 bits per heavy atom. The predicted octanol–water partition coefficient (Wildman–Crippen LogP) is 5.00. The molecule has 0 bridgehead atoms. The molecule has 0 aliphatic heterocycles. The van der Waals surface area contributed by atoms with E-state index in [9.17, 15) is 9.18 Å². The number of nitrogens with one attached hydrogen (secondary N) is 2. The monoisotopic (exact) mass is 482 g/mol. The van der Waals surface area contributed by atoms with E-state index in [0.717, 1.165) is 11.1 Å². The van der Waals surface area contributed by atoms with Gasteiger partial charge in [-0.3, -0.25) is 4.79 Å². The van der Waals surface area contributed by atoms with E-state index in [1.54, 1.807) is 33.6 Å². The van der Waals surface area contributed by atoms with Gasteiger partial charge in [0.2, 0.25) is 0 Å². The third-order valence-electron chi connectivity index (χ3n) is 5.64. The quantitative estimate of drug-likeness (QED) is 0.401. The Hall–Kier alpha value is -3.72. The second kappa shape index (κ2) is 9.26. The maximum absolute atomic E-state index is 14.5. The van der Waals surface area contributed by atoms with Gasteiger partial charge in [-0.05, 0) is 43.2 Å². The molecule has 0 spiro atoms. The van der Waals surface area contributed by atoms with Crippen LogP contribution in [0, 0.1) is 12.7 Å². The van der Waals surface area contributed by atoms with Crippen molar-refractivity contribution in [1.29, 1.82) is 0 Å². The normalized spacial score (nSPS) is 12.0. The number of ether oxygens (including phenoxy) is 1. The fraction of sp³-hybridized carbons (Fsp3) is 0.250. The Labute approximate surface area is 201 Å². The van der Waals surface area contributed by atoms with E-state index in [1.165, 1.54) is 23.4 Å². The number of H-pyrrole nitrogens is 1. The summed E-state index contributed by atoms with van der Waals surface area (Å²) in [7, 11) is 4.72. The van der Waals surface area contributed by atoms with Gasteiger partial charge < -0.3 is 19.9 Å². The predicted molar refractivity (Wildman–Crippen MR) is 130 cm³/mol. The molecule has 2 heterocycles. The molecule has 4 aromatic rings. The molecule has 0 aliphatic rings. The molecule has 8 nitrogen and oxygen atoms in total. The number of rotatable bonds is 6. The summed E-state index contributed by atoms with van der Waals surface area (Å²) >= 11 is 6.63. The van der Waals surface area contributed by atoms with Crippen LogP contribution in [0.3, 0.4) is 0 Å². The van der Waals surface area contributed by atoms with Gasteiger partial charge in [-0.15, -0.1) is 0 Å². The van der Waals surface area contributed by atoms with E-state index >= 15 is 0 Å². The lowest BCUT2D eigenvalue weighted by Crippen LogP contribution is -2.22.